The van der Waals surface area contributed by atoms with Crippen LogP contribution in [0.1, 0.15) is 418 Å². The smallest absolute Gasteiger partial charge is 0.305 e. The van der Waals surface area contributed by atoms with Gasteiger partial charge in [0.1, 0.15) is 0 Å². The normalized spacial score (nSPS) is 12.6. The maximum atomic E-state index is 12.5. The van der Waals surface area contributed by atoms with Gasteiger partial charge in [-0.25, -0.2) is 0 Å². The molecule has 0 aliphatic rings. The van der Waals surface area contributed by atoms with E-state index >= 15 is 0 Å². The highest BCUT2D eigenvalue weighted by Crippen LogP contribution is 2.19. The summed E-state index contributed by atoms with van der Waals surface area (Å²) >= 11 is 0. The Morgan fingerprint density at radius 3 is 0.877 bits per heavy atom. The molecule has 0 aromatic heterocycles. The number of hydrogen-bond acceptors (Lipinski definition) is 5. The number of aliphatic hydroxyl groups excluding tert-OH is 2. The SMILES string of the molecule is CCCCCCCC/C=C\CCCCCCCCCCCC(=O)OCCCCCCCCCCCCCC/C=C\CCCCCCCCCCCCCC(=O)NC(CO)C(O)CCCCCCCCCCCCCCCCCCCC. The van der Waals surface area contributed by atoms with Crippen LogP contribution in [0, 0.1) is 0 Å². The number of aliphatic hydroxyl groups is 2. The first-order valence-electron chi connectivity index (χ1n) is 37.1. The van der Waals surface area contributed by atoms with E-state index in [9.17, 15) is 19.8 Å². The van der Waals surface area contributed by atoms with Crippen LogP contribution in [0.2, 0.25) is 0 Å². The lowest BCUT2D eigenvalue weighted by molar-refractivity contribution is -0.143. The number of ether oxygens (including phenoxy) is 1. The summed E-state index contributed by atoms with van der Waals surface area (Å²) < 4.78 is 5.51. The summed E-state index contributed by atoms with van der Waals surface area (Å²) in [6.45, 7) is 4.99. The highest BCUT2D eigenvalue weighted by molar-refractivity contribution is 5.76. The molecule has 2 unspecified atom stereocenters. The molecule has 0 radical (unpaired) electrons. The van der Waals surface area contributed by atoms with Gasteiger partial charge in [0.2, 0.25) is 5.91 Å². The molecular weight excluding hydrogens is 995 g/mol. The summed E-state index contributed by atoms with van der Waals surface area (Å²) in [5.41, 5.74) is 0. The molecule has 0 saturated heterocycles. The minimum Gasteiger partial charge on any atom is -0.466 e. The molecule has 0 bridgehead atoms. The van der Waals surface area contributed by atoms with Gasteiger partial charge in [0, 0.05) is 12.8 Å². The maximum Gasteiger partial charge on any atom is 0.305 e. The number of esters is 1. The largest absolute Gasteiger partial charge is 0.466 e. The number of allylic oxidation sites excluding steroid dienone is 4. The third-order valence-corrected chi connectivity index (χ3v) is 17.5. The minimum absolute atomic E-state index is 0.0157. The number of nitrogens with one attached hydrogen (secondary N) is 1. The first-order valence-corrected chi connectivity index (χ1v) is 37.1. The van der Waals surface area contributed by atoms with E-state index in [4.69, 9.17) is 4.74 Å². The second-order valence-electron chi connectivity index (χ2n) is 25.6. The Morgan fingerprint density at radius 2 is 0.580 bits per heavy atom. The summed E-state index contributed by atoms with van der Waals surface area (Å²) in [6.07, 6.45) is 89.5. The topological polar surface area (TPSA) is 95.9 Å². The van der Waals surface area contributed by atoms with Crippen LogP contribution in [-0.4, -0.2) is 47.4 Å². The first-order chi connectivity index (χ1) is 40.0. The average Bonchev–Trinajstić information content (AvgIpc) is 3.47. The number of unbranched alkanes of at least 4 members (excludes halogenated alkanes) is 55. The summed E-state index contributed by atoms with van der Waals surface area (Å²) in [6, 6.07) is -0.542. The van der Waals surface area contributed by atoms with Gasteiger partial charge in [-0.2, -0.15) is 0 Å². The van der Waals surface area contributed by atoms with Crippen molar-refractivity contribution in [2.45, 2.75) is 431 Å². The zero-order chi connectivity index (χ0) is 58.5. The number of amides is 1. The predicted molar refractivity (Wildman–Crippen MR) is 356 cm³/mol. The van der Waals surface area contributed by atoms with Crippen LogP contribution in [0.3, 0.4) is 0 Å². The van der Waals surface area contributed by atoms with Crippen LogP contribution < -0.4 is 5.32 Å². The van der Waals surface area contributed by atoms with Crippen molar-refractivity contribution >= 4 is 11.9 Å². The lowest BCUT2D eigenvalue weighted by Gasteiger charge is -2.22. The summed E-state index contributed by atoms with van der Waals surface area (Å²) in [5.74, 6) is -0.0161. The molecule has 480 valence electrons. The molecule has 3 N–H and O–H groups in total. The molecule has 0 aliphatic heterocycles. The van der Waals surface area contributed by atoms with Crippen LogP contribution in [-0.2, 0) is 14.3 Å². The van der Waals surface area contributed by atoms with E-state index < -0.39 is 12.1 Å². The fourth-order valence-electron chi connectivity index (χ4n) is 11.8. The van der Waals surface area contributed by atoms with Crippen molar-refractivity contribution in [1.29, 1.82) is 0 Å². The van der Waals surface area contributed by atoms with Crippen molar-refractivity contribution in [3.05, 3.63) is 24.3 Å². The number of hydrogen-bond donors (Lipinski definition) is 3. The maximum absolute atomic E-state index is 12.5. The van der Waals surface area contributed by atoms with Gasteiger partial charge in [-0.15, -0.1) is 0 Å². The molecular formula is C75H145NO5. The van der Waals surface area contributed by atoms with Crippen molar-refractivity contribution in [3.8, 4) is 0 Å². The number of carbonyl (C=O) groups excluding carboxylic acids is 2. The minimum atomic E-state index is -0.665. The second-order valence-corrected chi connectivity index (χ2v) is 25.6. The number of rotatable bonds is 70. The molecule has 6 nitrogen and oxygen atoms in total. The Bertz CT molecular complexity index is 1270. The Balaban J connectivity index is 3.36. The van der Waals surface area contributed by atoms with Gasteiger partial charge in [0.25, 0.3) is 0 Å². The molecule has 0 heterocycles. The average molecular weight is 1140 g/mol. The van der Waals surface area contributed by atoms with Gasteiger partial charge < -0.3 is 20.3 Å². The van der Waals surface area contributed by atoms with E-state index in [2.05, 4.69) is 43.5 Å². The molecule has 1 amide bonds. The molecule has 0 aliphatic carbocycles. The van der Waals surface area contributed by atoms with Gasteiger partial charge in [0.15, 0.2) is 0 Å². The Morgan fingerprint density at radius 1 is 0.333 bits per heavy atom. The third kappa shape index (κ3) is 67.3. The van der Waals surface area contributed by atoms with Crippen LogP contribution >= 0.6 is 0 Å². The van der Waals surface area contributed by atoms with Crippen LogP contribution in [0.15, 0.2) is 24.3 Å². The van der Waals surface area contributed by atoms with E-state index in [1.54, 1.807) is 0 Å². The lowest BCUT2D eigenvalue weighted by atomic mass is 10.0. The second kappa shape index (κ2) is 70.8. The van der Waals surface area contributed by atoms with Gasteiger partial charge in [0.05, 0.1) is 25.4 Å². The zero-order valence-corrected chi connectivity index (χ0v) is 55.0. The quantitative estimate of drug-likeness (QED) is 0.0320. The van der Waals surface area contributed by atoms with E-state index in [1.165, 1.54) is 347 Å². The van der Waals surface area contributed by atoms with Crippen LogP contribution in [0.4, 0.5) is 0 Å². The van der Waals surface area contributed by atoms with Crippen molar-refractivity contribution in [2.24, 2.45) is 0 Å². The summed E-state index contributed by atoms with van der Waals surface area (Å²) in [4.78, 5) is 24.7. The van der Waals surface area contributed by atoms with Crippen molar-refractivity contribution in [2.75, 3.05) is 13.2 Å². The van der Waals surface area contributed by atoms with Crippen LogP contribution in [0.5, 0.6) is 0 Å². The fourth-order valence-corrected chi connectivity index (χ4v) is 11.8. The van der Waals surface area contributed by atoms with Gasteiger partial charge in [-0.1, -0.05) is 353 Å². The monoisotopic (exact) mass is 1140 g/mol. The molecule has 6 heteroatoms. The van der Waals surface area contributed by atoms with Crippen molar-refractivity contribution in [1.82, 2.24) is 5.32 Å². The fraction of sp³-hybridized carbons (Fsp3) is 0.920. The molecule has 0 spiro atoms. The van der Waals surface area contributed by atoms with E-state index in [-0.39, 0.29) is 18.5 Å². The van der Waals surface area contributed by atoms with Gasteiger partial charge in [-0.3, -0.25) is 9.59 Å². The van der Waals surface area contributed by atoms with Crippen molar-refractivity contribution < 1.29 is 24.5 Å². The predicted octanol–water partition coefficient (Wildman–Crippen LogP) is 24.1. The molecule has 0 fully saturated rings. The molecule has 2 atom stereocenters. The standard InChI is InChI=1S/C75H145NO5/c1-3-5-7-9-11-13-15-17-19-21-32-37-41-45-49-53-57-61-65-69-75(80)81-70-66-62-58-54-50-46-42-38-34-31-29-27-25-23-24-26-28-30-33-36-40-44-48-52-56-60-64-68-74(79)76-72(71-77)73(78)67-63-59-55-51-47-43-39-35-22-20-18-16-14-12-10-8-6-4-2/h17,19,23-24,72-73,77-78H,3-16,18,20-22,25-71H2,1-2H3,(H,76,79)/b19-17-,24-23-. The van der Waals surface area contributed by atoms with Gasteiger partial charge in [-0.05, 0) is 77.0 Å². The molecule has 0 saturated carbocycles. The van der Waals surface area contributed by atoms with Crippen molar-refractivity contribution in [3.63, 3.8) is 0 Å². The van der Waals surface area contributed by atoms with E-state index in [0.29, 0.717) is 25.9 Å². The molecule has 81 heavy (non-hydrogen) atoms. The molecule has 0 aromatic carbocycles. The Hall–Kier alpha value is -1.66. The van der Waals surface area contributed by atoms with Crippen LogP contribution in [0.25, 0.3) is 0 Å². The van der Waals surface area contributed by atoms with E-state index in [0.717, 1.165) is 38.5 Å². The Kier molecular flexibility index (Phi) is 69.4. The number of carbonyl (C=O) groups is 2. The highest BCUT2D eigenvalue weighted by atomic mass is 16.5. The van der Waals surface area contributed by atoms with Gasteiger partial charge >= 0.3 is 5.97 Å². The lowest BCUT2D eigenvalue weighted by Crippen LogP contribution is -2.45. The Labute approximate surface area is 507 Å². The summed E-state index contributed by atoms with van der Waals surface area (Å²) in [5, 5.41) is 23.4. The molecule has 0 aromatic rings. The third-order valence-electron chi connectivity index (χ3n) is 17.5. The first kappa shape index (κ1) is 79.3. The zero-order valence-electron chi connectivity index (χ0n) is 55.0. The van der Waals surface area contributed by atoms with E-state index in [1.807, 2.05) is 0 Å². The highest BCUT2D eigenvalue weighted by Gasteiger charge is 2.20. The summed E-state index contributed by atoms with van der Waals surface area (Å²) in [7, 11) is 0. The molecule has 0 rings (SSSR count).